The highest BCUT2D eigenvalue weighted by Gasteiger charge is 2.35. The van der Waals surface area contributed by atoms with E-state index >= 15 is 0 Å². The van der Waals surface area contributed by atoms with Crippen molar-refractivity contribution >= 4 is 43.7 Å². The van der Waals surface area contributed by atoms with Crippen LogP contribution in [0.15, 0.2) is 211 Å². The van der Waals surface area contributed by atoms with E-state index in [9.17, 15) is 0 Å². The van der Waals surface area contributed by atoms with E-state index < -0.39 is 0 Å². The lowest BCUT2D eigenvalue weighted by Gasteiger charge is -2.22. The Bertz CT molecular complexity index is 3880. The molecule has 9 aromatic carbocycles. The maximum atomic E-state index is 6.30. The number of hydrogen-bond donors (Lipinski definition) is 0. The molecule has 5 nitrogen and oxygen atoms in total. The second-order valence-electron chi connectivity index (χ2n) is 17.6. The van der Waals surface area contributed by atoms with E-state index in [2.05, 4.69) is 170 Å². The molecule has 5 heteroatoms. The summed E-state index contributed by atoms with van der Waals surface area (Å²) >= 11 is 0. The molecular weight excluding hydrogens is 817 g/mol. The quantitative estimate of drug-likeness (QED) is 0.167. The predicted octanol–water partition coefficient (Wildman–Crippen LogP) is 16.5. The molecule has 0 unspecified atom stereocenters. The topological polar surface area (TPSA) is 56.7 Å². The number of rotatable bonds is 6. The summed E-state index contributed by atoms with van der Waals surface area (Å²) in [4.78, 5) is 15.4. The Balaban J connectivity index is 0.00000231. The number of nitrogens with zero attached hydrogens (tertiary/aromatic N) is 4. The maximum absolute atomic E-state index is 6.30. The first-order valence-corrected chi connectivity index (χ1v) is 23.2. The lowest BCUT2D eigenvalue weighted by atomic mass is 9.81. The normalized spacial score (nSPS) is 12.6. The minimum Gasteiger partial charge on any atom is -0.456 e. The van der Waals surface area contributed by atoms with Crippen molar-refractivity contribution in [1.82, 2.24) is 19.5 Å². The molecule has 3 heterocycles. The van der Waals surface area contributed by atoms with Gasteiger partial charge in [0.25, 0.3) is 0 Å². The van der Waals surface area contributed by atoms with Crippen LogP contribution in [0.25, 0.3) is 117 Å². The van der Waals surface area contributed by atoms with Gasteiger partial charge in [-0.3, -0.25) is 0 Å². The maximum Gasteiger partial charge on any atom is 0.164 e. The van der Waals surface area contributed by atoms with Gasteiger partial charge < -0.3 is 8.98 Å². The highest BCUT2D eigenvalue weighted by Crippen LogP contribution is 2.50. The molecule has 12 aromatic rings. The van der Waals surface area contributed by atoms with Crippen molar-refractivity contribution in [3.8, 4) is 73.2 Å². The van der Waals surface area contributed by atoms with Gasteiger partial charge in [0.1, 0.15) is 11.2 Å². The summed E-state index contributed by atoms with van der Waals surface area (Å²) in [6.07, 6.45) is 0. The fourth-order valence-corrected chi connectivity index (χ4v) is 10.3. The van der Waals surface area contributed by atoms with Gasteiger partial charge in [-0.1, -0.05) is 185 Å². The Hall–Kier alpha value is -8.41. The second-order valence-corrected chi connectivity index (χ2v) is 17.6. The van der Waals surface area contributed by atoms with E-state index in [-0.39, 0.29) is 5.41 Å². The van der Waals surface area contributed by atoms with Crippen LogP contribution in [0.5, 0.6) is 0 Å². The van der Waals surface area contributed by atoms with Crippen molar-refractivity contribution in [3.05, 3.63) is 217 Å². The molecule has 320 valence electrons. The van der Waals surface area contributed by atoms with E-state index in [0.29, 0.717) is 17.5 Å². The minimum atomic E-state index is -0.0731. The molecule has 0 saturated carbocycles. The monoisotopic (exact) mass is 862 g/mol. The van der Waals surface area contributed by atoms with Crippen LogP contribution in [0.4, 0.5) is 0 Å². The molecule has 1 aliphatic rings. The zero-order chi connectivity index (χ0) is 45.2. The van der Waals surface area contributed by atoms with Crippen LogP contribution in [0, 0.1) is 0 Å². The number of para-hydroxylation sites is 3. The fourth-order valence-electron chi connectivity index (χ4n) is 10.3. The lowest BCUT2D eigenvalue weighted by molar-refractivity contribution is 0.660. The molecule has 3 aromatic heterocycles. The van der Waals surface area contributed by atoms with E-state index in [1.54, 1.807) is 0 Å². The molecule has 0 spiro atoms. The Morgan fingerprint density at radius 3 is 1.79 bits per heavy atom. The SMILES string of the molecule is CC.CC1(C)c2ccccc2-c2ccc(-c3cccc(-c4cccc5c6ccccc6n(-c6cccc(-c7nc(-c8ccccc8)nc(-c8ccc9c(c8)oc8ccccc89)n7)c6)c45)c3)cc21. The van der Waals surface area contributed by atoms with Crippen molar-refractivity contribution in [1.29, 1.82) is 0 Å². The number of benzene rings is 9. The lowest BCUT2D eigenvalue weighted by Crippen LogP contribution is -2.14. The van der Waals surface area contributed by atoms with Crippen LogP contribution >= 0.6 is 0 Å². The predicted molar refractivity (Wildman–Crippen MR) is 278 cm³/mol. The summed E-state index contributed by atoms with van der Waals surface area (Å²) in [5.74, 6) is 1.78. The van der Waals surface area contributed by atoms with E-state index in [1.165, 1.54) is 44.2 Å². The van der Waals surface area contributed by atoms with Gasteiger partial charge in [-0.25, -0.2) is 15.0 Å². The third-order valence-electron chi connectivity index (χ3n) is 13.5. The van der Waals surface area contributed by atoms with Crippen LogP contribution in [-0.2, 0) is 5.41 Å². The smallest absolute Gasteiger partial charge is 0.164 e. The van der Waals surface area contributed by atoms with Gasteiger partial charge in [0.15, 0.2) is 17.5 Å². The number of furan rings is 1. The molecule has 0 fully saturated rings. The van der Waals surface area contributed by atoms with Gasteiger partial charge in [-0.2, -0.15) is 0 Å². The van der Waals surface area contributed by atoms with Gasteiger partial charge >= 0.3 is 0 Å². The highest BCUT2D eigenvalue weighted by atomic mass is 16.3. The number of hydrogen-bond acceptors (Lipinski definition) is 4. The summed E-state index contributed by atoms with van der Waals surface area (Å²) in [5.41, 5.74) is 17.7. The molecule has 0 aliphatic heterocycles. The van der Waals surface area contributed by atoms with Crippen LogP contribution in [0.1, 0.15) is 38.8 Å². The summed E-state index contributed by atoms with van der Waals surface area (Å²) in [6.45, 7) is 8.69. The second kappa shape index (κ2) is 15.9. The molecule has 0 bridgehead atoms. The van der Waals surface area contributed by atoms with Crippen molar-refractivity contribution < 1.29 is 4.42 Å². The van der Waals surface area contributed by atoms with Crippen LogP contribution in [-0.4, -0.2) is 19.5 Å². The van der Waals surface area contributed by atoms with Crippen molar-refractivity contribution in [2.75, 3.05) is 0 Å². The molecule has 13 rings (SSSR count). The highest BCUT2D eigenvalue weighted by molar-refractivity contribution is 6.14. The molecule has 67 heavy (non-hydrogen) atoms. The van der Waals surface area contributed by atoms with Crippen LogP contribution < -0.4 is 0 Å². The van der Waals surface area contributed by atoms with E-state index in [0.717, 1.165) is 66.5 Å². The van der Waals surface area contributed by atoms with Gasteiger partial charge in [-0.05, 0) is 87.5 Å². The van der Waals surface area contributed by atoms with Crippen molar-refractivity contribution in [3.63, 3.8) is 0 Å². The van der Waals surface area contributed by atoms with E-state index in [4.69, 9.17) is 19.4 Å². The largest absolute Gasteiger partial charge is 0.456 e. The molecular formula is C62H46N4O. The zero-order valence-electron chi connectivity index (χ0n) is 37.8. The Kier molecular flexibility index (Phi) is 9.54. The Morgan fingerprint density at radius 2 is 0.940 bits per heavy atom. The standard InChI is InChI=1S/C60H40N4O.C2H6/c1-60(2)51-26-9-6-21-45(51)46-31-29-39(35-52(46)60)38-17-12-18-40(33-38)44-24-14-25-50-47-22-7-10-27-53(47)64(56(44)50)43-20-13-19-41(34-43)58-61-57(37-15-4-3-5-16-37)62-59(63-58)42-30-32-49-48-23-8-11-28-54(48)65-55(49)36-42;1-2/h3-36H,1-2H3;1-2H3. The molecule has 0 saturated heterocycles. The summed E-state index contributed by atoms with van der Waals surface area (Å²) in [5, 5.41) is 4.54. The van der Waals surface area contributed by atoms with Crippen LogP contribution in [0.3, 0.4) is 0 Å². The summed E-state index contributed by atoms with van der Waals surface area (Å²) < 4.78 is 8.71. The van der Waals surface area contributed by atoms with Crippen LogP contribution in [0.2, 0.25) is 0 Å². The van der Waals surface area contributed by atoms with Crippen molar-refractivity contribution in [2.45, 2.75) is 33.1 Å². The summed E-state index contributed by atoms with van der Waals surface area (Å²) in [6, 6.07) is 73.3. The molecule has 0 atom stereocenters. The van der Waals surface area contributed by atoms with Gasteiger partial charge in [0, 0.05) is 54.9 Å². The minimum absolute atomic E-state index is 0.0731. The van der Waals surface area contributed by atoms with Gasteiger partial charge in [0.2, 0.25) is 0 Å². The van der Waals surface area contributed by atoms with Gasteiger partial charge in [0.05, 0.1) is 11.0 Å². The fraction of sp³-hybridized carbons (Fsp3) is 0.0806. The molecule has 0 radical (unpaired) electrons. The third-order valence-corrected chi connectivity index (χ3v) is 13.5. The average molecular weight is 863 g/mol. The number of fused-ring (bicyclic) bond motifs is 9. The first-order chi connectivity index (χ1) is 33.0. The molecule has 0 amide bonds. The first-order valence-electron chi connectivity index (χ1n) is 23.2. The molecule has 0 N–H and O–H groups in total. The van der Waals surface area contributed by atoms with E-state index in [1.807, 2.05) is 68.4 Å². The van der Waals surface area contributed by atoms with Crippen molar-refractivity contribution in [2.24, 2.45) is 0 Å². The zero-order valence-corrected chi connectivity index (χ0v) is 37.8. The number of aromatic nitrogens is 4. The van der Waals surface area contributed by atoms with Gasteiger partial charge in [-0.15, -0.1) is 0 Å². The first kappa shape index (κ1) is 40.1. The Morgan fingerprint density at radius 1 is 0.373 bits per heavy atom. The average Bonchev–Trinajstić information content (AvgIpc) is 4.02. The summed E-state index contributed by atoms with van der Waals surface area (Å²) in [7, 11) is 0. The molecule has 1 aliphatic carbocycles. The Labute approximate surface area is 389 Å². The third kappa shape index (κ3) is 6.57.